The number of carbonyl (C=O) groups is 1. The minimum atomic E-state index is -0.873. The van der Waals surface area contributed by atoms with E-state index in [1.807, 2.05) is 13.8 Å². The number of nitrogens with one attached hydrogen (secondary N) is 1. The van der Waals surface area contributed by atoms with Gasteiger partial charge in [-0.15, -0.1) is 0 Å². The Morgan fingerprint density at radius 2 is 2.16 bits per heavy atom. The van der Waals surface area contributed by atoms with Gasteiger partial charge in [-0.2, -0.15) is 0 Å². The molecule has 5 heteroatoms. The third-order valence-corrected chi connectivity index (χ3v) is 2.91. The molecule has 4 nitrogen and oxygen atoms in total. The fraction of sp³-hybridized carbons (Fsp3) is 0.500. The normalized spacial score (nSPS) is 10.5. The molecule has 0 fully saturated rings. The zero-order valence-corrected chi connectivity index (χ0v) is 11.4. The number of rotatable bonds is 8. The van der Waals surface area contributed by atoms with Crippen molar-refractivity contribution in [3.05, 3.63) is 29.6 Å². The molecule has 0 saturated heterocycles. The summed E-state index contributed by atoms with van der Waals surface area (Å²) in [6, 6.07) is 4.96. The predicted molar refractivity (Wildman–Crippen MR) is 73.9 cm³/mol. The molecular formula is C14H21FN2O2. The summed E-state index contributed by atoms with van der Waals surface area (Å²) in [6.07, 6.45) is 0.00468. The number of carboxylic acids is 1. The molecular weight excluding hydrogens is 247 g/mol. The van der Waals surface area contributed by atoms with Crippen molar-refractivity contribution in [2.75, 3.05) is 24.5 Å². The molecule has 106 valence electrons. The zero-order valence-electron chi connectivity index (χ0n) is 11.4. The molecule has 1 aromatic carbocycles. The van der Waals surface area contributed by atoms with Gasteiger partial charge in [-0.3, -0.25) is 4.79 Å². The fourth-order valence-corrected chi connectivity index (χ4v) is 1.86. The second-order valence-corrected chi connectivity index (χ2v) is 4.29. The molecule has 1 aromatic rings. The van der Waals surface area contributed by atoms with Crippen molar-refractivity contribution >= 4 is 11.7 Å². The lowest BCUT2D eigenvalue weighted by Crippen LogP contribution is -2.27. The van der Waals surface area contributed by atoms with Crippen LogP contribution in [0.4, 0.5) is 10.1 Å². The summed E-state index contributed by atoms with van der Waals surface area (Å²) in [5.74, 6) is -1.19. The maximum atomic E-state index is 13.8. The first kappa shape index (κ1) is 15.4. The maximum Gasteiger partial charge on any atom is 0.305 e. The Morgan fingerprint density at radius 1 is 1.42 bits per heavy atom. The number of halogens is 1. The van der Waals surface area contributed by atoms with Crippen LogP contribution in [0.2, 0.25) is 0 Å². The monoisotopic (exact) mass is 268 g/mol. The van der Waals surface area contributed by atoms with Crippen molar-refractivity contribution in [2.24, 2.45) is 0 Å². The van der Waals surface area contributed by atoms with E-state index in [-0.39, 0.29) is 12.2 Å². The molecule has 0 aliphatic carbocycles. The number of hydrogen-bond donors (Lipinski definition) is 2. The highest BCUT2D eigenvalue weighted by Crippen LogP contribution is 2.21. The smallest absolute Gasteiger partial charge is 0.305 e. The minimum absolute atomic E-state index is 0.00468. The summed E-state index contributed by atoms with van der Waals surface area (Å²) < 4.78 is 13.8. The van der Waals surface area contributed by atoms with Crippen LogP contribution in [0.5, 0.6) is 0 Å². The third-order valence-electron chi connectivity index (χ3n) is 2.91. The average molecular weight is 268 g/mol. The molecule has 0 atom stereocenters. The van der Waals surface area contributed by atoms with Crippen molar-refractivity contribution < 1.29 is 14.3 Å². The van der Waals surface area contributed by atoms with Gasteiger partial charge in [0.15, 0.2) is 0 Å². The van der Waals surface area contributed by atoms with E-state index in [0.717, 1.165) is 12.1 Å². The SMILES string of the molecule is CCNCc1ccc(F)c(N(CC)CCC(=O)O)c1. The first-order valence-corrected chi connectivity index (χ1v) is 6.54. The van der Waals surface area contributed by atoms with Gasteiger partial charge in [0.1, 0.15) is 5.82 Å². The molecule has 2 N–H and O–H groups in total. The molecule has 0 bridgehead atoms. The second kappa shape index (κ2) is 7.74. The number of benzene rings is 1. The summed E-state index contributed by atoms with van der Waals surface area (Å²) in [6.45, 7) is 6.32. The summed E-state index contributed by atoms with van der Waals surface area (Å²) in [4.78, 5) is 12.4. The van der Waals surface area contributed by atoms with Crippen molar-refractivity contribution in [3.8, 4) is 0 Å². The standard InChI is InChI=1S/C14H21FN2O2/c1-3-16-10-11-5-6-12(15)13(9-11)17(4-2)8-7-14(18)19/h5-6,9,16H,3-4,7-8,10H2,1-2H3,(H,18,19). The van der Waals surface area contributed by atoms with Gasteiger partial charge in [-0.25, -0.2) is 4.39 Å². The van der Waals surface area contributed by atoms with Gasteiger partial charge >= 0.3 is 5.97 Å². The lowest BCUT2D eigenvalue weighted by atomic mass is 10.1. The number of aliphatic carboxylic acids is 1. The Kier molecular flexibility index (Phi) is 6.29. The molecule has 0 aliphatic rings. The molecule has 0 aliphatic heterocycles. The van der Waals surface area contributed by atoms with Gasteiger partial charge in [-0.05, 0) is 31.2 Å². The van der Waals surface area contributed by atoms with E-state index in [4.69, 9.17) is 5.11 Å². The summed E-state index contributed by atoms with van der Waals surface area (Å²) >= 11 is 0. The van der Waals surface area contributed by atoms with Crippen molar-refractivity contribution in [1.82, 2.24) is 5.32 Å². The number of carboxylic acid groups (broad SMARTS) is 1. The first-order valence-electron chi connectivity index (χ1n) is 6.54. The fourth-order valence-electron chi connectivity index (χ4n) is 1.86. The van der Waals surface area contributed by atoms with Crippen LogP contribution < -0.4 is 10.2 Å². The molecule has 0 spiro atoms. The summed E-state index contributed by atoms with van der Waals surface area (Å²) in [5.41, 5.74) is 1.46. The Morgan fingerprint density at radius 3 is 2.74 bits per heavy atom. The average Bonchev–Trinajstić information content (AvgIpc) is 2.39. The molecule has 1 rings (SSSR count). The van der Waals surface area contributed by atoms with Crippen LogP contribution >= 0.6 is 0 Å². The highest BCUT2D eigenvalue weighted by Gasteiger charge is 2.12. The number of nitrogens with zero attached hydrogens (tertiary/aromatic N) is 1. The first-order chi connectivity index (χ1) is 9.08. The van der Waals surface area contributed by atoms with E-state index in [1.54, 1.807) is 17.0 Å². The van der Waals surface area contributed by atoms with Crippen LogP contribution in [0.15, 0.2) is 18.2 Å². The van der Waals surface area contributed by atoms with E-state index in [1.165, 1.54) is 6.07 Å². The van der Waals surface area contributed by atoms with E-state index >= 15 is 0 Å². The van der Waals surface area contributed by atoms with E-state index < -0.39 is 5.97 Å². The Bertz CT molecular complexity index is 424. The van der Waals surface area contributed by atoms with Crippen LogP contribution in [0, 0.1) is 5.82 Å². The van der Waals surface area contributed by atoms with Crippen LogP contribution in [0.25, 0.3) is 0 Å². The molecule has 19 heavy (non-hydrogen) atoms. The van der Waals surface area contributed by atoms with E-state index in [0.29, 0.717) is 25.3 Å². The molecule has 0 amide bonds. The van der Waals surface area contributed by atoms with Gasteiger partial charge < -0.3 is 15.3 Å². The molecule has 0 aromatic heterocycles. The highest BCUT2D eigenvalue weighted by molar-refractivity contribution is 5.67. The van der Waals surface area contributed by atoms with Gasteiger partial charge in [0.05, 0.1) is 12.1 Å². The van der Waals surface area contributed by atoms with Gasteiger partial charge in [0.2, 0.25) is 0 Å². The number of hydrogen-bond acceptors (Lipinski definition) is 3. The summed E-state index contributed by atoms with van der Waals surface area (Å²) in [7, 11) is 0. The predicted octanol–water partition coefficient (Wildman–Crippen LogP) is 2.24. The highest BCUT2D eigenvalue weighted by atomic mass is 19.1. The largest absolute Gasteiger partial charge is 0.481 e. The Hall–Kier alpha value is -1.62. The lowest BCUT2D eigenvalue weighted by molar-refractivity contribution is -0.136. The zero-order chi connectivity index (χ0) is 14.3. The van der Waals surface area contributed by atoms with Gasteiger partial charge in [0, 0.05) is 19.6 Å². The lowest BCUT2D eigenvalue weighted by Gasteiger charge is -2.23. The topological polar surface area (TPSA) is 52.6 Å². The van der Waals surface area contributed by atoms with Gasteiger partial charge in [-0.1, -0.05) is 13.0 Å². The van der Waals surface area contributed by atoms with Gasteiger partial charge in [0.25, 0.3) is 0 Å². The third kappa shape index (κ3) is 4.87. The Balaban J connectivity index is 2.85. The minimum Gasteiger partial charge on any atom is -0.481 e. The second-order valence-electron chi connectivity index (χ2n) is 4.29. The van der Waals surface area contributed by atoms with E-state index in [2.05, 4.69) is 5.32 Å². The van der Waals surface area contributed by atoms with E-state index in [9.17, 15) is 9.18 Å². The van der Waals surface area contributed by atoms with Crippen molar-refractivity contribution in [2.45, 2.75) is 26.8 Å². The molecule has 0 heterocycles. The molecule has 0 radical (unpaired) electrons. The van der Waals surface area contributed by atoms with Crippen molar-refractivity contribution in [3.63, 3.8) is 0 Å². The summed E-state index contributed by atoms with van der Waals surface area (Å²) in [5, 5.41) is 11.9. The molecule has 0 saturated carbocycles. The molecule has 0 unspecified atom stereocenters. The van der Waals surface area contributed by atoms with Crippen LogP contribution in [-0.4, -0.2) is 30.7 Å². The number of anilines is 1. The van der Waals surface area contributed by atoms with Crippen LogP contribution in [0.3, 0.4) is 0 Å². The van der Waals surface area contributed by atoms with Crippen LogP contribution in [0.1, 0.15) is 25.8 Å². The van der Waals surface area contributed by atoms with Crippen LogP contribution in [-0.2, 0) is 11.3 Å². The Labute approximate surface area is 113 Å². The maximum absolute atomic E-state index is 13.8. The quantitative estimate of drug-likeness (QED) is 0.759. The van der Waals surface area contributed by atoms with Crippen molar-refractivity contribution in [1.29, 1.82) is 0 Å².